The Morgan fingerprint density at radius 2 is 1.89 bits per heavy atom. The minimum atomic E-state index is 0.106. The van der Waals surface area contributed by atoms with Crippen LogP contribution in [0.4, 0.5) is 5.95 Å². The van der Waals surface area contributed by atoms with E-state index in [-0.39, 0.29) is 11.3 Å². The highest BCUT2D eigenvalue weighted by Gasteiger charge is 2.09. The molecule has 2 rings (SSSR count). The van der Waals surface area contributed by atoms with Crippen LogP contribution in [0.2, 0.25) is 5.28 Å². The van der Waals surface area contributed by atoms with Gasteiger partial charge in [0.05, 0.1) is 3.57 Å². The van der Waals surface area contributed by atoms with Crippen molar-refractivity contribution in [1.82, 2.24) is 15.0 Å². The number of halogens is 2. The average Bonchev–Trinajstić information content (AvgIpc) is 2.31. The highest BCUT2D eigenvalue weighted by Crippen LogP contribution is 2.25. The number of nitrogens with zero attached hydrogens (tertiary/aromatic N) is 4. The number of hydrogen-bond acceptors (Lipinski definition) is 5. The van der Waals surface area contributed by atoms with E-state index in [1.165, 1.54) is 0 Å². The van der Waals surface area contributed by atoms with Crippen LogP contribution in [0.1, 0.15) is 0 Å². The molecule has 7 heteroatoms. The fourth-order valence-corrected chi connectivity index (χ4v) is 1.84. The lowest BCUT2D eigenvalue weighted by Crippen LogP contribution is -2.13. The van der Waals surface area contributed by atoms with Gasteiger partial charge in [-0.15, -0.1) is 0 Å². The molecule has 0 saturated carbocycles. The number of anilines is 1. The predicted octanol–water partition coefficient (Wildman–Crippen LogP) is 2.99. The number of benzene rings is 1. The molecule has 0 radical (unpaired) electrons. The van der Waals surface area contributed by atoms with Gasteiger partial charge in [-0.2, -0.15) is 15.0 Å². The van der Waals surface area contributed by atoms with Gasteiger partial charge in [0.25, 0.3) is 0 Å². The van der Waals surface area contributed by atoms with Crippen LogP contribution in [0.3, 0.4) is 0 Å². The first-order valence-corrected chi connectivity index (χ1v) is 6.53. The Morgan fingerprint density at radius 1 is 1.17 bits per heavy atom. The topological polar surface area (TPSA) is 51.1 Å². The van der Waals surface area contributed by atoms with E-state index in [0.717, 1.165) is 3.57 Å². The minimum absolute atomic E-state index is 0.106. The van der Waals surface area contributed by atoms with E-state index < -0.39 is 0 Å². The molecule has 18 heavy (non-hydrogen) atoms. The summed E-state index contributed by atoms with van der Waals surface area (Å²) < 4.78 is 6.57. The van der Waals surface area contributed by atoms with Gasteiger partial charge in [-0.1, -0.05) is 12.1 Å². The van der Waals surface area contributed by atoms with Crippen molar-refractivity contribution in [2.45, 2.75) is 0 Å². The molecule has 0 N–H and O–H groups in total. The molecule has 0 amide bonds. The molecule has 0 aliphatic rings. The lowest BCUT2D eigenvalue weighted by atomic mass is 10.3. The van der Waals surface area contributed by atoms with E-state index in [9.17, 15) is 0 Å². The summed E-state index contributed by atoms with van der Waals surface area (Å²) in [5.74, 6) is 1.14. The third-order valence-corrected chi connectivity index (χ3v) is 3.07. The predicted molar refractivity (Wildman–Crippen MR) is 78.4 cm³/mol. The van der Waals surface area contributed by atoms with Crippen molar-refractivity contribution in [2.24, 2.45) is 0 Å². The zero-order chi connectivity index (χ0) is 13.1. The Kier molecular flexibility index (Phi) is 4.18. The molecule has 0 unspecified atom stereocenters. The summed E-state index contributed by atoms with van der Waals surface area (Å²) in [4.78, 5) is 13.8. The normalized spacial score (nSPS) is 10.2. The molecule has 1 heterocycles. The van der Waals surface area contributed by atoms with Gasteiger partial charge in [0.1, 0.15) is 5.75 Å². The summed E-state index contributed by atoms with van der Waals surface area (Å²) in [6.45, 7) is 0. The van der Waals surface area contributed by atoms with Crippen molar-refractivity contribution < 1.29 is 4.74 Å². The van der Waals surface area contributed by atoms with Gasteiger partial charge in [-0.25, -0.2) is 0 Å². The van der Waals surface area contributed by atoms with Crippen LogP contribution in [0.15, 0.2) is 24.3 Å². The highest BCUT2D eigenvalue weighted by atomic mass is 127. The molecule has 0 atom stereocenters. The Morgan fingerprint density at radius 3 is 2.56 bits per heavy atom. The van der Waals surface area contributed by atoms with Crippen LogP contribution in [0.25, 0.3) is 0 Å². The van der Waals surface area contributed by atoms with E-state index >= 15 is 0 Å². The van der Waals surface area contributed by atoms with E-state index in [2.05, 4.69) is 37.5 Å². The summed E-state index contributed by atoms with van der Waals surface area (Å²) in [5.41, 5.74) is 0. The number of hydrogen-bond donors (Lipinski definition) is 0. The smallest absolute Gasteiger partial charge is 0.328 e. The third kappa shape index (κ3) is 3.20. The Balaban J connectivity index is 2.32. The van der Waals surface area contributed by atoms with Crippen molar-refractivity contribution in [2.75, 3.05) is 19.0 Å². The van der Waals surface area contributed by atoms with Gasteiger partial charge in [0.2, 0.25) is 11.2 Å². The zero-order valence-corrected chi connectivity index (χ0v) is 12.7. The number of rotatable bonds is 3. The van der Waals surface area contributed by atoms with E-state index in [0.29, 0.717) is 11.7 Å². The molecule has 2 aromatic rings. The molecule has 5 nitrogen and oxygen atoms in total. The molecule has 0 spiro atoms. The van der Waals surface area contributed by atoms with Gasteiger partial charge >= 0.3 is 6.01 Å². The second-order valence-corrected chi connectivity index (χ2v) is 5.11. The van der Waals surface area contributed by atoms with Crippen LogP contribution in [-0.4, -0.2) is 29.0 Å². The van der Waals surface area contributed by atoms with Crippen molar-refractivity contribution in [3.8, 4) is 11.8 Å². The number of ether oxygens (including phenoxy) is 1. The fraction of sp³-hybridized carbons (Fsp3) is 0.182. The monoisotopic (exact) mass is 376 g/mol. The summed E-state index contributed by atoms with van der Waals surface area (Å²) in [6.07, 6.45) is 0. The lowest BCUT2D eigenvalue weighted by molar-refractivity contribution is 0.437. The summed E-state index contributed by atoms with van der Waals surface area (Å²) >= 11 is 8.01. The van der Waals surface area contributed by atoms with Crippen LogP contribution in [0, 0.1) is 3.57 Å². The Hall–Kier alpha value is -1.15. The first-order chi connectivity index (χ1) is 8.56. The van der Waals surface area contributed by atoms with Crippen molar-refractivity contribution in [1.29, 1.82) is 0 Å². The second kappa shape index (κ2) is 5.66. The molecule has 0 saturated heterocycles. The van der Waals surface area contributed by atoms with Gasteiger partial charge < -0.3 is 9.64 Å². The molecule has 0 aliphatic carbocycles. The maximum atomic E-state index is 5.83. The summed E-state index contributed by atoms with van der Waals surface area (Å²) in [6, 6.07) is 7.77. The van der Waals surface area contributed by atoms with E-state index in [1.807, 2.05) is 38.4 Å². The number of aromatic nitrogens is 3. The van der Waals surface area contributed by atoms with Crippen LogP contribution < -0.4 is 9.64 Å². The van der Waals surface area contributed by atoms with Gasteiger partial charge in [0, 0.05) is 14.1 Å². The lowest BCUT2D eigenvalue weighted by Gasteiger charge is -2.11. The molecule has 0 aliphatic heterocycles. The maximum Gasteiger partial charge on any atom is 0.328 e. The zero-order valence-electron chi connectivity index (χ0n) is 9.76. The molecule has 1 aromatic carbocycles. The molecule has 1 aromatic heterocycles. The largest absolute Gasteiger partial charge is 0.423 e. The third-order valence-electron chi connectivity index (χ3n) is 2.01. The Labute approximate surface area is 123 Å². The first-order valence-electron chi connectivity index (χ1n) is 5.07. The maximum absolute atomic E-state index is 5.83. The van der Waals surface area contributed by atoms with E-state index in [1.54, 1.807) is 4.90 Å². The minimum Gasteiger partial charge on any atom is -0.423 e. The number of para-hydroxylation sites is 1. The van der Waals surface area contributed by atoms with Crippen LogP contribution >= 0.6 is 34.2 Å². The molecule has 0 bridgehead atoms. The Bertz CT molecular complexity index is 564. The molecule has 94 valence electrons. The van der Waals surface area contributed by atoms with Gasteiger partial charge in [-0.05, 0) is 46.3 Å². The average molecular weight is 377 g/mol. The molecular weight excluding hydrogens is 367 g/mol. The van der Waals surface area contributed by atoms with Crippen LogP contribution in [0.5, 0.6) is 11.8 Å². The van der Waals surface area contributed by atoms with Gasteiger partial charge in [-0.3, -0.25) is 0 Å². The molecular formula is C11H10ClIN4O. The first kappa shape index (κ1) is 13.3. The quantitative estimate of drug-likeness (QED) is 0.771. The second-order valence-electron chi connectivity index (χ2n) is 3.61. The fourth-order valence-electron chi connectivity index (χ4n) is 1.19. The van der Waals surface area contributed by atoms with Crippen molar-refractivity contribution in [3.63, 3.8) is 0 Å². The SMILES string of the molecule is CN(C)c1nc(Cl)nc(Oc2ccccc2I)n1. The van der Waals surface area contributed by atoms with Crippen molar-refractivity contribution >= 4 is 40.1 Å². The van der Waals surface area contributed by atoms with Gasteiger partial charge in [0.15, 0.2) is 0 Å². The van der Waals surface area contributed by atoms with E-state index in [4.69, 9.17) is 16.3 Å². The summed E-state index contributed by atoms with van der Waals surface area (Å²) in [5, 5.41) is 0.106. The van der Waals surface area contributed by atoms with Crippen LogP contribution in [-0.2, 0) is 0 Å². The highest BCUT2D eigenvalue weighted by molar-refractivity contribution is 14.1. The standard InChI is InChI=1S/C11H10ClIN4O/c1-17(2)10-14-9(12)15-11(16-10)18-8-6-4-3-5-7(8)13/h3-6H,1-2H3. The molecule has 0 fully saturated rings. The van der Waals surface area contributed by atoms with Crippen molar-refractivity contribution in [3.05, 3.63) is 33.1 Å². The summed E-state index contributed by atoms with van der Waals surface area (Å²) in [7, 11) is 3.64.